The van der Waals surface area contributed by atoms with Crippen molar-refractivity contribution < 1.29 is 9.53 Å². The van der Waals surface area contributed by atoms with E-state index in [1.807, 2.05) is 35.8 Å². The van der Waals surface area contributed by atoms with Gasteiger partial charge in [0.25, 0.3) is 0 Å². The fraction of sp³-hybridized carbons (Fsp3) is 0.486. The first-order valence-electron chi connectivity index (χ1n) is 16.7. The molecule has 44 heavy (non-hydrogen) atoms. The number of hydrogen-bond donors (Lipinski definition) is 0. The highest BCUT2D eigenvalue weighted by atomic mass is 16.5. The lowest BCUT2D eigenvalue weighted by molar-refractivity contribution is -0.163. The van der Waals surface area contributed by atoms with Crippen molar-refractivity contribution in [3.05, 3.63) is 73.3 Å². The van der Waals surface area contributed by atoms with Crippen LogP contribution in [0.4, 0.5) is 0 Å². The van der Waals surface area contributed by atoms with Gasteiger partial charge in [0.15, 0.2) is 0 Å². The number of carbonyl (C=O) groups excluding carboxylic acids is 1. The number of rotatable bonds is 9. The van der Waals surface area contributed by atoms with E-state index in [0.717, 1.165) is 91.1 Å². The minimum Gasteiger partial charge on any atom is -0.375 e. The van der Waals surface area contributed by atoms with Crippen LogP contribution in [0.25, 0.3) is 33.0 Å². The van der Waals surface area contributed by atoms with Gasteiger partial charge in [-0.05, 0) is 79.2 Å². The van der Waals surface area contributed by atoms with Gasteiger partial charge in [0.2, 0.25) is 5.91 Å². The second kappa shape index (κ2) is 11.8. The molecule has 0 atom stereocenters. The molecule has 3 heterocycles. The number of nitrogens with zero attached hydrogens (tertiary/aromatic N) is 5. The van der Waals surface area contributed by atoms with Crippen molar-refractivity contribution in [3.63, 3.8) is 0 Å². The maximum absolute atomic E-state index is 13.1. The predicted molar refractivity (Wildman–Crippen MR) is 173 cm³/mol. The number of fused-ring (bicyclic) bond motifs is 1. The summed E-state index contributed by atoms with van der Waals surface area (Å²) in [6, 6.07) is 16.8. The lowest BCUT2D eigenvalue weighted by atomic mass is 9.54. The molecule has 1 amide bonds. The summed E-state index contributed by atoms with van der Waals surface area (Å²) in [5.74, 6) is 2.95. The van der Waals surface area contributed by atoms with Crippen molar-refractivity contribution in [1.82, 2.24) is 24.6 Å². The molecule has 228 valence electrons. The van der Waals surface area contributed by atoms with Crippen LogP contribution in [0.3, 0.4) is 0 Å². The molecular weight excluding hydrogens is 546 g/mol. The van der Waals surface area contributed by atoms with Crippen molar-refractivity contribution in [2.45, 2.75) is 57.1 Å². The second-order valence-corrected chi connectivity index (χ2v) is 13.9. The van der Waals surface area contributed by atoms with Gasteiger partial charge in [-0.2, -0.15) is 5.10 Å². The summed E-state index contributed by atoms with van der Waals surface area (Å²) in [7, 11) is 0. The van der Waals surface area contributed by atoms with Crippen LogP contribution >= 0.6 is 0 Å². The largest absolute Gasteiger partial charge is 0.375 e. The molecule has 4 aliphatic carbocycles. The van der Waals surface area contributed by atoms with Gasteiger partial charge in [0.05, 0.1) is 11.8 Å². The molecule has 0 N–H and O–H groups in total. The Labute approximate surface area is 260 Å². The molecule has 5 aliphatic rings. The minimum absolute atomic E-state index is 0.142. The summed E-state index contributed by atoms with van der Waals surface area (Å²) in [6.45, 7) is 5.67. The van der Waals surface area contributed by atoms with Crippen LogP contribution in [0.15, 0.2) is 73.3 Å². The first-order valence-corrected chi connectivity index (χ1v) is 16.7. The van der Waals surface area contributed by atoms with Gasteiger partial charge in [0, 0.05) is 74.4 Å². The lowest BCUT2D eigenvalue weighted by Gasteiger charge is -2.56. The van der Waals surface area contributed by atoms with E-state index in [4.69, 9.17) is 4.74 Å². The maximum atomic E-state index is 13.1. The zero-order chi connectivity index (χ0) is 29.5. The Morgan fingerprint density at radius 3 is 2.27 bits per heavy atom. The Balaban J connectivity index is 0.799. The third kappa shape index (κ3) is 5.68. The van der Waals surface area contributed by atoms with E-state index in [1.165, 1.54) is 43.9 Å². The molecule has 7 nitrogen and oxygen atoms in total. The lowest BCUT2D eigenvalue weighted by Crippen LogP contribution is -2.52. The molecular formula is C37H43N5O2. The normalized spacial score (nSPS) is 26.5. The van der Waals surface area contributed by atoms with Gasteiger partial charge in [-0.25, -0.2) is 0 Å². The van der Waals surface area contributed by atoms with Crippen LogP contribution in [0.5, 0.6) is 0 Å². The molecule has 0 spiro atoms. The van der Waals surface area contributed by atoms with E-state index in [0.29, 0.717) is 0 Å². The van der Waals surface area contributed by atoms with Crippen LogP contribution in [0.2, 0.25) is 0 Å². The molecule has 7 heteroatoms. The molecule has 1 saturated heterocycles. The molecule has 9 rings (SSSR count). The predicted octanol–water partition coefficient (Wildman–Crippen LogP) is 6.29. The van der Waals surface area contributed by atoms with E-state index >= 15 is 0 Å². The number of hydrogen-bond acceptors (Lipinski definition) is 5. The Morgan fingerprint density at radius 1 is 0.818 bits per heavy atom. The summed E-state index contributed by atoms with van der Waals surface area (Å²) in [6.07, 6.45) is 17.1. The number of aromatic nitrogens is 3. The van der Waals surface area contributed by atoms with Crippen molar-refractivity contribution in [2.24, 2.45) is 17.8 Å². The average Bonchev–Trinajstić information content (AvgIpc) is 3.51. The van der Waals surface area contributed by atoms with Crippen molar-refractivity contribution in [1.29, 1.82) is 0 Å². The molecule has 1 aliphatic heterocycles. The fourth-order valence-electron chi connectivity index (χ4n) is 9.03. The summed E-state index contributed by atoms with van der Waals surface area (Å²) in [4.78, 5) is 22.0. The van der Waals surface area contributed by atoms with Crippen LogP contribution in [-0.4, -0.2) is 75.4 Å². The first-order chi connectivity index (χ1) is 21.6. The van der Waals surface area contributed by atoms with E-state index in [2.05, 4.69) is 57.4 Å². The topological polar surface area (TPSA) is 63.5 Å². The zero-order valence-corrected chi connectivity index (χ0v) is 25.6. The van der Waals surface area contributed by atoms with Crippen molar-refractivity contribution >= 4 is 16.7 Å². The van der Waals surface area contributed by atoms with Crippen LogP contribution in [-0.2, 0) is 16.1 Å². The first kappa shape index (κ1) is 28.0. The third-order valence-corrected chi connectivity index (χ3v) is 10.9. The zero-order valence-electron chi connectivity index (χ0n) is 25.6. The Bertz CT molecular complexity index is 1580. The van der Waals surface area contributed by atoms with Crippen LogP contribution < -0.4 is 0 Å². The van der Waals surface area contributed by atoms with E-state index in [-0.39, 0.29) is 18.1 Å². The smallest absolute Gasteiger partial charge is 0.244 e. The Hall–Kier alpha value is -3.55. The Morgan fingerprint density at radius 2 is 1.52 bits per heavy atom. The highest BCUT2D eigenvalue weighted by molar-refractivity contribution is 5.95. The number of piperazine rings is 1. The molecule has 2 aromatic carbocycles. The molecule has 4 bridgehead atoms. The van der Waals surface area contributed by atoms with Gasteiger partial charge in [0.1, 0.15) is 6.54 Å². The molecule has 5 fully saturated rings. The standard InChI is InChI=1S/C37H43N5O2/c43-36(41-13-11-40(12-14-41)10-3-15-44-37-19-27-16-28(20-37)18-29(17-27)21-37)26-42-25-33(23-39-42)30-6-8-31(9-7-30)35-24-38-22-32-4-1-2-5-34(32)35/h1-2,4-9,22-25,27-29H,3,10-21,26H2. The number of ether oxygens (including phenoxy) is 1. The third-order valence-electron chi connectivity index (χ3n) is 10.9. The Kier molecular flexibility index (Phi) is 7.47. The average molecular weight is 590 g/mol. The minimum atomic E-state index is 0.142. The van der Waals surface area contributed by atoms with Gasteiger partial charge in [-0.1, -0.05) is 48.5 Å². The monoisotopic (exact) mass is 589 g/mol. The summed E-state index contributed by atoms with van der Waals surface area (Å²) < 4.78 is 8.40. The molecule has 4 saturated carbocycles. The second-order valence-electron chi connectivity index (χ2n) is 13.9. The highest BCUT2D eigenvalue weighted by Crippen LogP contribution is 2.57. The van der Waals surface area contributed by atoms with Gasteiger partial charge in [-0.3, -0.25) is 19.4 Å². The highest BCUT2D eigenvalue weighted by Gasteiger charge is 2.51. The number of benzene rings is 2. The molecule has 0 radical (unpaired) electrons. The molecule has 0 unspecified atom stereocenters. The van der Waals surface area contributed by atoms with Crippen molar-refractivity contribution in [3.8, 4) is 22.3 Å². The van der Waals surface area contributed by atoms with E-state index in [9.17, 15) is 4.79 Å². The number of carbonyl (C=O) groups is 1. The molecule has 2 aromatic heterocycles. The van der Waals surface area contributed by atoms with Gasteiger partial charge >= 0.3 is 0 Å². The number of pyridine rings is 1. The van der Waals surface area contributed by atoms with Crippen molar-refractivity contribution in [2.75, 3.05) is 39.3 Å². The summed E-state index contributed by atoms with van der Waals surface area (Å²) >= 11 is 0. The fourth-order valence-corrected chi connectivity index (χ4v) is 9.03. The maximum Gasteiger partial charge on any atom is 0.244 e. The van der Waals surface area contributed by atoms with Crippen LogP contribution in [0.1, 0.15) is 44.9 Å². The van der Waals surface area contributed by atoms with E-state index in [1.54, 1.807) is 4.68 Å². The SMILES string of the molecule is O=C(Cn1cc(-c2ccc(-c3cncc4ccccc34)cc2)cn1)N1CCN(CCCOC23CC4CC(CC(C4)C2)C3)CC1. The number of amides is 1. The summed E-state index contributed by atoms with van der Waals surface area (Å²) in [5, 5.41) is 6.85. The van der Waals surface area contributed by atoms with E-state index < -0.39 is 0 Å². The molecule has 4 aromatic rings. The van der Waals surface area contributed by atoms with Gasteiger partial charge < -0.3 is 9.64 Å². The van der Waals surface area contributed by atoms with Crippen LogP contribution in [0, 0.1) is 17.8 Å². The summed E-state index contributed by atoms with van der Waals surface area (Å²) in [5.41, 5.74) is 4.57. The quantitative estimate of drug-likeness (QED) is 0.215. The van der Waals surface area contributed by atoms with Gasteiger partial charge in [-0.15, -0.1) is 0 Å².